The van der Waals surface area contributed by atoms with Gasteiger partial charge in [0.1, 0.15) is 0 Å². The standard InChI is InChI=1S/C16H21ClN2O4/c1-11-9-18(5-6-19(11)16(21)22)10-13-4-3-12(7-14(13)17)8-15(20)23-2/h3-4,7,11H,5-6,8-10H2,1-2H3,(H,21,22)/t11-/m0/s1. The third-order valence-electron chi connectivity index (χ3n) is 4.04. The minimum absolute atomic E-state index is 0.0429. The van der Waals surface area contributed by atoms with Gasteiger partial charge in [-0.2, -0.15) is 0 Å². The smallest absolute Gasteiger partial charge is 0.407 e. The van der Waals surface area contributed by atoms with E-state index in [0.29, 0.717) is 31.2 Å². The zero-order valence-corrected chi connectivity index (χ0v) is 14.0. The van der Waals surface area contributed by atoms with Crippen LogP contribution in [0.3, 0.4) is 0 Å². The van der Waals surface area contributed by atoms with E-state index in [1.54, 1.807) is 6.07 Å². The van der Waals surface area contributed by atoms with Gasteiger partial charge in [-0.15, -0.1) is 0 Å². The first kappa shape index (κ1) is 17.6. The van der Waals surface area contributed by atoms with Crippen LogP contribution in [0.2, 0.25) is 5.02 Å². The molecule has 0 spiro atoms. The highest BCUT2D eigenvalue weighted by Gasteiger charge is 2.27. The first-order valence-electron chi connectivity index (χ1n) is 7.46. The molecule has 1 aromatic carbocycles. The zero-order valence-electron chi connectivity index (χ0n) is 13.3. The fourth-order valence-electron chi connectivity index (χ4n) is 2.77. The molecule has 0 aliphatic carbocycles. The molecule has 1 amide bonds. The minimum Gasteiger partial charge on any atom is -0.469 e. The Morgan fingerprint density at radius 2 is 2.13 bits per heavy atom. The van der Waals surface area contributed by atoms with Gasteiger partial charge in [0.15, 0.2) is 0 Å². The number of methoxy groups -OCH3 is 1. The van der Waals surface area contributed by atoms with Crippen LogP contribution >= 0.6 is 11.6 Å². The summed E-state index contributed by atoms with van der Waals surface area (Å²) in [6, 6.07) is 5.52. The summed E-state index contributed by atoms with van der Waals surface area (Å²) >= 11 is 6.31. The Morgan fingerprint density at radius 1 is 1.39 bits per heavy atom. The second-order valence-electron chi connectivity index (χ2n) is 5.74. The van der Waals surface area contributed by atoms with Crippen molar-refractivity contribution in [2.75, 3.05) is 26.7 Å². The van der Waals surface area contributed by atoms with E-state index >= 15 is 0 Å². The van der Waals surface area contributed by atoms with E-state index in [-0.39, 0.29) is 18.4 Å². The molecular formula is C16H21ClN2O4. The van der Waals surface area contributed by atoms with Crippen LogP contribution in [-0.4, -0.2) is 59.8 Å². The Labute approximate surface area is 140 Å². The highest BCUT2D eigenvalue weighted by Crippen LogP contribution is 2.22. The largest absolute Gasteiger partial charge is 0.469 e. The third-order valence-corrected chi connectivity index (χ3v) is 4.40. The molecule has 1 atom stereocenters. The van der Waals surface area contributed by atoms with Crippen LogP contribution < -0.4 is 0 Å². The topological polar surface area (TPSA) is 70.1 Å². The monoisotopic (exact) mass is 340 g/mol. The van der Waals surface area contributed by atoms with Gasteiger partial charge in [0.25, 0.3) is 0 Å². The number of hydrogen-bond donors (Lipinski definition) is 1. The van der Waals surface area contributed by atoms with E-state index in [4.69, 9.17) is 16.7 Å². The zero-order chi connectivity index (χ0) is 17.0. The molecule has 0 radical (unpaired) electrons. The van der Waals surface area contributed by atoms with Crippen LogP contribution in [0.5, 0.6) is 0 Å². The van der Waals surface area contributed by atoms with E-state index in [2.05, 4.69) is 9.64 Å². The number of ether oxygens (including phenoxy) is 1. The quantitative estimate of drug-likeness (QED) is 0.851. The Balaban J connectivity index is 1.98. The molecule has 0 saturated carbocycles. The molecule has 0 aromatic heterocycles. The van der Waals surface area contributed by atoms with Crippen molar-refractivity contribution in [3.8, 4) is 0 Å². The molecule has 1 fully saturated rings. The van der Waals surface area contributed by atoms with Gasteiger partial charge < -0.3 is 14.7 Å². The second-order valence-corrected chi connectivity index (χ2v) is 6.15. The summed E-state index contributed by atoms with van der Waals surface area (Å²) in [5.41, 5.74) is 1.78. The average molecular weight is 341 g/mol. The fraction of sp³-hybridized carbons (Fsp3) is 0.500. The number of esters is 1. The summed E-state index contributed by atoms with van der Waals surface area (Å²) in [6.45, 7) is 4.41. The normalized spacial score (nSPS) is 18.7. The first-order valence-corrected chi connectivity index (χ1v) is 7.84. The first-order chi connectivity index (χ1) is 10.9. The lowest BCUT2D eigenvalue weighted by molar-refractivity contribution is -0.139. The predicted molar refractivity (Wildman–Crippen MR) is 86.6 cm³/mol. The van der Waals surface area contributed by atoms with Gasteiger partial charge in [0.05, 0.1) is 13.5 Å². The Bertz CT molecular complexity index is 593. The predicted octanol–water partition coefficient (Wildman–Crippen LogP) is 2.24. The molecule has 1 saturated heterocycles. The number of nitrogens with zero attached hydrogens (tertiary/aromatic N) is 2. The molecule has 0 bridgehead atoms. The Hall–Kier alpha value is -1.79. The van der Waals surface area contributed by atoms with Crippen molar-refractivity contribution < 1.29 is 19.4 Å². The van der Waals surface area contributed by atoms with Gasteiger partial charge in [-0.25, -0.2) is 4.79 Å². The lowest BCUT2D eigenvalue weighted by Gasteiger charge is -2.38. The minimum atomic E-state index is -0.873. The summed E-state index contributed by atoms with van der Waals surface area (Å²) < 4.78 is 4.64. The van der Waals surface area contributed by atoms with Gasteiger partial charge in [-0.05, 0) is 24.1 Å². The van der Waals surface area contributed by atoms with E-state index in [1.807, 2.05) is 19.1 Å². The maximum atomic E-state index is 11.3. The number of halogens is 1. The number of amides is 1. The molecule has 0 unspecified atom stereocenters. The maximum absolute atomic E-state index is 11.3. The highest BCUT2D eigenvalue weighted by atomic mass is 35.5. The molecule has 1 aliphatic heterocycles. The lowest BCUT2D eigenvalue weighted by atomic mass is 10.1. The number of carboxylic acid groups (broad SMARTS) is 1. The number of rotatable bonds is 4. The van der Waals surface area contributed by atoms with Crippen molar-refractivity contribution in [1.82, 2.24) is 9.80 Å². The van der Waals surface area contributed by atoms with E-state index in [9.17, 15) is 9.59 Å². The van der Waals surface area contributed by atoms with Gasteiger partial charge in [0, 0.05) is 37.2 Å². The average Bonchev–Trinajstić information content (AvgIpc) is 2.49. The molecule has 1 aliphatic rings. The fourth-order valence-corrected chi connectivity index (χ4v) is 3.03. The Kier molecular flexibility index (Phi) is 5.85. The molecule has 2 rings (SSSR count). The van der Waals surface area contributed by atoms with Crippen molar-refractivity contribution in [3.05, 3.63) is 34.3 Å². The SMILES string of the molecule is COC(=O)Cc1ccc(CN2CCN(C(=O)O)[C@@H](C)C2)c(Cl)c1. The van der Waals surface area contributed by atoms with Crippen LogP contribution in [0.1, 0.15) is 18.1 Å². The van der Waals surface area contributed by atoms with E-state index < -0.39 is 6.09 Å². The van der Waals surface area contributed by atoms with Crippen molar-refractivity contribution in [2.45, 2.75) is 25.9 Å². The van der Waals surface area contributed by atoms with Gasteiger partial charge in [-0.1, -0.05) is 23.7 Å². The van der Waals surface area contributed by atoms with Gasteiger partial charge >= 0.3 is 12.1 Å². The van der Waals surface area contributed by atoms with E-state index in [0.717, 1.165) is 11.1 Å². The lowest BCUT2D eigenvalue weighted by Crippen LogP contribution is -2.53. The summed E-state index contributed by atoms with van der Waals surface area (Å²) in [6.07, 6.45) is -0.674. The maximum Gasteiger partial charge on any atom is 0.407 e. The summed E-state index contributed by atoms with van der Waals surface area (Å²) in [5, 5.41) is 9.71. The summed E-state index contributed by atoms with van der Waals surface area (Å²) in [4.78, 5) is 26.0. The number of carbonyl (C=O) groups is 2. The molecule has 23 heavy (non-hydrogen) atoms. The molecule has 1 N–H and O–H groups in total. The highest BCUT2D eigenvalue weighted by molar-refractivity contribution is 6.31. The van der Waals surface area contributed by atoms with E-state index in [1.165, 1.54) is 12.0 Å². The third kappa shape index (κ3) is 4.59. The molecule has 1 heterocycles. The van der Waals surface area contributed by atoms with Crippen molar-refractivity contribution >= 4 is 23.7 Å². The molecule has 126 valence electrons. The van der Waals surface area contributed by atoms with Crippen molar-refractivity contribution in [2.24, 2.45) is 0 Å². The van der Waals surface area contributed by atoms with Crippen molar-refractivity contribution in [1.29, 1.82) is 0 Å². The molecule has 7 heteroatoms. The number of carbonyl (C=O) groups excluding carboxylic acids is 1. The van der Waals surface area contributed by atoms with Crippen LogP contribution in [0, 0.1) is 0 Å². The van der Waals surface area contributed by atoms with Gasteiger partial charge in [0.2, 0.25) is 0 Å². The molecule has 6 nitrogen and oxygen atoms in total. The molecular weight excluding hydrogens is 320 g/mol. The summed E-state index contributed by atoms with van der Waals surface area (Å²) in [5.74, 6) is -0.299. The van der Waals surface area contributed by atoms with Crippen LogP contribution in [-0.2, 0) is 22.5 Å². The summed E-state index contributed by atoms with van der Waals surface area (Å²) in [7, 11) is 1.36. The second kappa shape index (κ2) is 7.66. The number of hydrogen-bond acceptors (Lipinski definition) is 4. The van der Waals surface area contributed by atoms with Crippen LogP contribution in [0.4, 0.5) is 4.79 Å². The Morgan fingerprint density at radius 3 is 2.70 bits per heavy atom. The van der Waals surface area contributed by atoms with Gasteiger partial charge in [-0.3, -0.25) is 9.69 Å². The number of benzene rings is 1. The van der Waals surface area contributed by atoms with Crippen LogP contribution in [0.25, 0.3) is 0 Å². The van der Waals surface area contributed by atoms with Crippen LogP contribution in [0.15, 0.2) is 18.2 Å². The van der Waals surface area contributed by atoms with Crippen molar-refractivity contribution in [3.63, 3.8) is 0 Å². The number of piperazine rings is 1. The molecule has 1 aromatic rings.